The summed E-state index contributed by atoms with van der Waals surface area (Å²) in [6.07, 6.45) is 2.20. The summed E-state index contributed by atoms with van der Waals surface area (Å²) in [4.78, 5) is 154. The highest BCUT2D eigenvalue weighted by Gasteiger charge is 2.40. The quantitative estimate of drug-likeness (QED) is 0.0318. The number of carbonyl (C=O) groups excluding carboxylic acids is 11. The van der Waals surface area contributed by atoms with Crippen LogP contribution in [0.5, 0.6) is 0 Å². The van der Waals surface area contributed by atoms with E-state index in [2.05, 4.69) is 31.6 Å². The Kier molecular flexibility index (Phi) is 32.3. The monoisotopic (exact) mass is 1250 g/mol. The number of aromatic nitrogens is 1. The molecule has 0 spiro atoms. The van der Waals surface area contributed by atoms with Crippen molar-refractivity contribution in [1.29, 1.82) is 0 Å². The van der Waals surface area contributed by atoms with E-state index in [4.69, 9.17) is 18.9 Å². The van der Waals surface area contributed by atoms with Gasteiger partial charge in [0.25, 0.3) is 24.2 Å². The lowest BCUT2D eigenvalue weighted by Crippen LogP contribution is -2.54. The summed E-state index contributed by atoms with van der Waals surface area (Å²) in [6.45, 7) is 19.4. The number of aryl methyl sites for hydroxylation is 1. The zero-order valence-electron chi connectivity index (χ0n) is 54.0. The van der Waals surface area contributed by atoms with E-state index in [0.717, 1.165) is 39.5 Å². The molecule has 0 saturated carbocycles. The Labute approximate surface area is 523 Å². The van der Waals surface area contributed by atoms with E-state index >= 15 is 0 Å². The van der Waals surface area contributed by atoms with Crippen LogP contribution in [0.2, 0.25) is 0 Å². The molecule has 0 saturated heterocycles. The van der Waals surface area contributed by atoms with Crippen LogP contribution < -0.4 is 26.6 Å². The standard InChI is InChI=1S/C63H97N9O15S/c1-15-41(5)47(35-53(75)63(9,10)70(11)12)61(82)71(13)50(39(2)3)36-52(60-69-49(37-88-60)59(81)67-46(33-42(6)86-38-73)34-45-23-21-40(4)22-24-45)87-62(83)66-44(8)57(79)65-43(7)58(80)68-48(51(74)20-18-30-85-32-31-84-14)19-16-17-28-64-54(76)27-29-72-55(77)25-26-56(72)78/h21-26,37-39,41-44,46-48,50,52H,15-20,27-36H2,1-14H3,(H,64,76)(H,65,79)(H,66,83)(H,67,81)(H,68,80)/t41?,42?,43?,44?,46-,47+,48?,50-,52-/m1/s1. The van der Waals surface area contributed by atoms with Gasteiger partial charge in [0.1, 0.15) is 28.9 Å². The van der Waals surface area contributed by atoms with E-state index < -0.39 is 89.5 Å². The molecule has 0 bridgehead atoms. The lowest BCUT2D eigenvalue weighted by Gasteiger charge is -2.38. The van der Waals surface area contributed by atoms with Crippen LogP contribution in [0, 0.1) is 24.7 Å². The first-order valence-corrected chi connectivity index (χ1v) is 31.3. The number of benzene rings is 1. The summed E-state index contributed by atoms with van der Waals surface area (Å²) in [5, 5.41) is 15.4. The van der Waals surface area contributed by atoms with Crippen molar-refractivity contribution in [3.63, 3.8) is 0 Å². The Bertz CT molecular complexity index is 2660. The molecule has 8 amide bonds. The minimum Gasteiger partial charge on any atom is -0.465 e. The first kappa shape index (κ1) is 75.3. The molecule has 1 aromatic carbocycles. The number of methoxy groups -OCH3 is 1. The van der Waals surface area contributed by atoms with Gasteiger partial charge in [-0.05, 0) is 105 Å². The summed E-state index contributed by atoms with van der Waals surface area (Å²) in [6, 6.07) is 3.27. The van der Waals surface area contributed by atoms with Crippen molar-refractivity contribution in [3.8, 4) is 0 Å². The maximum Gasteiger partial charge on any atom is 0.408 e. The number of thiazole rings is 1. The lowest BCUT2D eigenvalue weighted by molar-refractivity contribution is -0.143. The maximum atomic E-state index is 14.7. The smallest absolute Gasteiger partial charge is 0.408 e. The summed E-state index contributed by atoms with van der Waals surface area (Å²) < 4.78 is 21.8. The number of imide groups is 1. The number of rotatable bonds is 42. The third-order valence-corrected chi connectivity index (χ3v) is 17.0. The van der Waals surface area contributed by atoms with Crippen LogP contribution in [0.4, 0.5) is 4.79 Å². The first-order chi connectivity index (χ1) is 41.5. The van der Waals surface area contributed by atoms with Crippen molar-refractivity contribution in [3.05, 3.63) is 63.6 Å². The Morgan fingerprint density at radius 1 is 0.807 bits per heavy atom. The van der Waals surface area contributed by atoms with Crippen molar-refractivity contribution in [2.24, 2.45) is 17.8 Å². The fraction of sp³-hybridized carbons (Fsp3) is 0.651. The van der Waals surface area contributed by atoms with Gasteiger partial charge in [0, 0.05) is 101 Å². The van der Waals surface area contributed by atoms with Gasteiger partial charge in [-0.1, -0.05) is 63.9 Å². The zero-order chi connectivity index (χ0) is 65.8. The molecule has 1 aliphatic heterocycles. The van der Waals surface area contributed by atoms with Gasteiger partial charge in [-0.2, -0.15) is 0 Å². The minimum atomic E-state index is -1.29. The third-order valence-electron chi connectivity index (χ3n) is 16.1. The second-order valence-corrected chi connectivity index (χ2v) is 24.7. The van der Waals surface area contributed by atoms with E-state index in [1.807, 2.05) is 91.7 Å². The highest BCUT2D eigenvalue weighted by molar-refractivity contribution is 7.09. The molecule has 3 rings (SSSR count). The van der Waals surface area contributed by atoms with Crippen LogP contribution in [-0.2, 0) is 68.5 Å². The molecule has 0 fully saturated rings. The number of Topliss-reactive ketones (excluding diaryl/α,β-unsaturated/α-hetero) is 2. The summed E-state index contributed by atoms with van der Waals surface area (Å²) >= 11 is 1.05. The van der Waals surface area contributed by atoms with Crippen molar-refractivity contribution >= 4 is 76.8 Å². The van der Waals surface area contributed by atoms with Crippen LogP contribution in [0.25, 0.3) is 0 Å². The minimum absolute atomic E-state index is 0.00342. The highest BCUT2D eigenvalue weighted by Crippen LogP contribution is 2.33. The highest BCUT2D eigenvalue weighted by atomic mass is 32.1. The molecule has 1 aliphatic rings. The molecule has 25 heteroatoms. The van der Waals surface area contributed by atoms with Crippen LogP contribution >= 0.6 is 11.3 Å². The number of hydrogen-bond acceptors (Lipinski definition) is 18. The first-order valence-electron chi connectivity index (χ1n) is 30.4. The third kappa shape index (κ3) is 24.9. The maximum absolute atomic E-state index is 14.7. The number of nitrogens with one attached hydrogen (secondary N) is 5. The van der Waals surface area contributed by atoms with Crippen LogP contribution in [0.1, 0.15) is 159 Å². The molecule has 5 unspecified atom stereocenters. The number of alkyl carbamates (subject to hydrolysis) is 1. The van der Waals surface area contributed by atoms with Crippen LogP contribution in [0.3, 0.4) is 0 Å². The topological polar surface area (TPSA) is 307 Å². The van der Waals surface area contributed by atoms with Crippen molar-refractivity contribution in [1.82, 2.24) is 46.3 Å². The number of likely N-dealkylation sites (N-methyl/N-ethyl adjacent to an activating group) is 1. The van der Waals surface area contributed by atoms with E-state index in [9.17, 15) is 52.7 Å². The van der Waals surface area contributed by atoms with Crippen LogP contribution in [-0.4, -0.2) is 188 Å². The summed E-state index contributed by atoms with van der Waals surface area (Å²) in [7, 11) is 6.82. The molecule has 0 radical (unpaired) electrons. The van der Waals surface area contributed by atoms with E-state index in [1.165, 1.54) is 19.2 Å². The van der Waals surface area contributed by atoms with Gasteiger partial charge in [0.2, 0.25) is 23.6 Å². The number of ketones is 2. The van der Waals surface area contributed by atoms with Crippen molar-refractivity contribution in [2.45, 2.75) is 188 Å². The lowest BCUT2D eigenvalue weighted by atomic mass is 9.81. The number of unbranched alkanes of at least 4 members (excludes halogenated alkanes) is 1. The van der Waals surface area contributed by atoms with Crippen molar-refractivity contribution in [2.75, 3.05) is 61.2 Å². The molecule has 5 N–H and O–H groups in total. The number of amides is 8. The fourth-order valence-corrected chi connectivity index (χ4v) is 10.5. The molecule has 2 heterocycles. The Hall–Kier alpha value is -6.96. The second kappa shape index (κ2) is 37.8. The largest absolute Gasteiger partial charge is 0.465 e. The predicted octanol–water partition coefficient (Wildman–Crippen LogP) is 5.34. The molecule has 1 aromatic heterocycles. The zero-order valence-corrected chi connectivity index (χ0v) is 54.8. The fourth-order valence-electron chi connectivity index (χ4n) is 9.63. The van der Waals surface area contributed by atoms with Gasteiger partial charge < -0.3 is 50.4 Å². The van der Waals surface area contributed by atoms with Gasteiger partial charge in [0.05, 0.1) is 24.8 Å². The number of carbonyl (C=O) groups is 11. The molecule has 490 valence electrons. The average Bonchev–Trinajstić information content (AvgIpc) is 4.30. The predicted molar refractivity (Wildman–Crippen MR) is 331 cm³/mol. The van der Waals surface area contributed by atoms with Gasteiger partial charge >= 0.3 is 6.09 Å². The van der Waals surface area contributed by atoms with E-state index in [0.29, 0.717) is 51.8 Å². The summed E-state index contributed by atoms with van der Waals surface area (Å²) in [5.41, 5.74) is 1.17. The Morgan fingerprint density at radius 3 is 2.07 bits per heavy atom. The molecule has 2 aromatic rings. The Balaban J connectivity index is 1.85. The molecule has 24 nitrogen and oxygen atoms in total. The van der Waals surface area contributed by atoms with Gasteiger partial charge in [-0.15, -0.1) is 11.3 Å². The Morgan fingerprint density at radius 2 is 1.45 bits per heavy atom. The van der Waals surface area contributed by atoms with Gasteiger partial charge in [-0.25, -0.2) is 9.78 Å². The number of hydrogen-bond donors (Lipinski definition) is 5. The molecular formula is C63H97N9O15S. The SMILES string of the molecule is CCC(C)[C@H](CC(=O)C(C)(C)N(C)C)C(=O)N(C)[C@H](C[C@@H](OC(=O)NC(C)C(=O)NC(C)C(=O)NC(CCCCNC(=O)CCN1C(=O)C=CC1=O)C(=O)CCCOCCOC)c1nc(C(=O)N[C@@H](Cc2ccc(C)cc2)CC(C)OC=O)cs1)C(C)C. The van der Waals surface area contributed by atoms with Crippen LogP contribution in [0.15, 0.2) is 41.8 Å². The van der Waals surface area contributed by atoms with E-state index in [1.54, 1.807) is 26.0 Å². The van der Waals surface area contributed by atoms with E-state index in [-0.39, 0.29) is 104 Å². The molecule has 88 heavy (non-hydrogen) atoms. The summed E-state index contributed by atoms with van der Waals surface area (Å²) in [5.74, 6) is -5.06. The van der Waals surface area contributed by atoms with Gasteiger partial charge in [-0.3, -0.25) is 57.7 Å². The van der Waals surface area contributed by atoms with Crippen molar-refractivity contribution < 1.29 is 71.7 Å². The average molecular weight is 1250 g/mol. The number of nitrogens with zero attached hydrogens (tertiary/aromatic N) is 4. The van der Waals surface area contributed by atoms with Gasteiger partial charge in [0.15, 0.2) is 17.7 Å². The number of ether oxygens (including phenoxy) is 4. The molecular weight excluding hydrogens is 1150 g/mol. The second-order valence-electron chi connectivity index (χ2n) is 23.8. The molecule has 9 atom stereocenters. The normalized spacial score (nSPS) is 15.5. The molecule has 0 aliphatic carbocycles.